The number of rotatable bonds is 7. The zero-order valence-electron chi connectivity index (χ0n) is 13.4. The first-order chi connectivity index (χ1) is 12.2. The van der Waals surface area contributed by atoms with Crippen LogP contribution in [0.3, 0.4) is 0 Å². The van der Waals surface area contributed by atoms with Crippen LogP contribution in [0.15, 0.2) is 78.2 Å². The van der Waals surface area contributed by atoms with Gasteiger partial charge in [-0.15, -0.1) is 23.1 Å². The predicted molar refractivity (Wildman–Crippen MR) is 104 cm³/mol. The van der Waals surface area contributed by atoms with Crippen molar-refractivity contribution in [1.82, 2.24) is 5.32 Å². The van der Waals surface area contributed by atoms with Gasteiger partial charge < -0.3 is 5.32 Å². The second-order valence-electron chi connectivity index (χ2n) is 5.36. The van der Waals surface area contributed by atoms with E-state index < -0.39 is 5.37 Å². The van der Waals surface area contributed by atoms with Crippen LogP contribution >= 0.6 is 23.1 Å². The van der Waals surface area contributed by atoms with E-state index in [1.165, 1.54) is 23.1 Å². The van der Waals surface area contributed by atoms with Crippen LogP contribution in [0, 0.1) is 0 Å². The summed E-state index contributed by atoms with van der Waals surface area (Å²) in [6.07, 6.45) is 0. The van der Waals surface area contributed by atoms with Crippen molar-refractivity contribution in [2.75, 3.05) is 0 Å². The maximum absolute atomic E-state index is 12.8. The van der Waals surface area contributed by atoms with Gasteiger partial charge in [0.05, 0.1) is 4.88 Å². The number of amides is 1. The minimum Gasteiger partial charge on any atom is -0.333 e. The third-order valence-corrected chi connectivity index (χ3v) is 5.61. The molecule has 1 aromatic heterocycles. The minimum absolute atomic E-state index is 0.0692. The Labute approximate surface area is 155 Å². The smallest absolute Gasteiger partial charge is 0.252 e. The fourth-order valence-electron chi connectivity index (χ4n) is 2.28. The molecule has 1 heterocycles. The van der Waals surface area contributed by atoms with Gasteiger partial charge in [-0.2, -0.15) is 0 Å². The van der Waals surface area contributed by atoms with Gasteiger partial charge in [0.15, 0.2) is 0 Å². The van der Waals surface area contributed by atoms with E-state index in [0.717, 1.165) is 5.56 Å². The van der Waals surface area contributed by atoms with Gasteiger partial charge in [0.25, 0.3) is 5.91 Å². The number of thiophene rings is 1. The van der Waals surface area contributed by atoms with Gasteiger partial charge in [-0.25, -0.2) is 0 Å². The molecule has 1 N–H and O–H groups in total. The highest BCUT2D eigenvalue weighted by atomic mass is 32.2. The van der Waals surface area contributed by atoms with Crippen LogP contribution in [0.1, 0.15) is 25.6 Å². The van der Waals surface area contributed by atoms with Crippen LogP contribution < -0.4 is 5.32 Å². The molecular weight excluding hydrogens is 350 g/mol. The molecule has 0 saturated heterocycles. The van der Waals surface area contributed by atoms with Crippen molar-refractivity contribution in [2.24, 2.45) is 0 Å². The summed E-state index contributed by atoms with van der Waals surface area (Å²) in [5, 5.41) is 4.12. The molecule has 0 spiro atoms. The van der Waals surface area contributed by atoms with E-state index in [4.69, 9.17) is 0 Å². The lowest BCUT2D eigenvalue weighted by atomic mass is 10.2. The molecular formula is C20H17NO2S2. The zero-order valence-corrected chi connectivity index (χ0v) is 15.1. The van der Waals surface area contributed by atoms with Crippen LogP contribution in [-0.2, 0) is 5.75 Å². The minimum atomic E-state index is -0.619. The highest BCUT2D eigenvalue weighted by Gasteiger charge is 2.24. The highest BCUT2D eigenvalue weighted by molar-refractivity contribution is 7.99. The fourth-order valence-corrected chi connectivity index (χ4v) is 4.07. The number of carbonyl (C=O) groups is 2. The lowest BCUT2D eigenvalue weighted by molar-refractivity contribution is 0.0894. The SMILES string of the molecule is O=C(N[C@@H](SCc1ccccc1)C(=O)c1cccs1)c1ccccc1. The van der Waals surface area contributed by atoms with Crippen molar-refractivity contribution in [3.8, 4) is 0 Å². The summed E-state index contributed by atoms with van der Waals surface area (Å²) >= 11 is 2.82. The summed E-state index contributed by atoms with van der Waals surface area (Å²) in [6.45, 7) is 0. The molecule has 1 atom stereocenters. The number of ketones is 1. The second-order valence-corrected chi connectivity index (χ2v) is 7.40. The first kappa shape index (κ1) is 17.5. The number of hydrogen-bond acceptors (Lipinski definition) is 4. The van der Waals surface area contributed by atoms with Crippen molar-refractivity contribution in [3.63, 3.8) is 0 Å². The summed E-state index contributed by atoms with van der Waals surface area (Å²) in [7, 11) is 0. The molecule has 0 radical (unpaired) electrons. The number of hydrogen-bond donors (Lipinski definition) is 1. The highest BCUT2D eigenvalue weighted by Crippen LogP contribution is 2.22. The molecule has 25 heavy (non-hydrogen) atoms. The molecule has 1 amide bonds. The average molecular weight is 367 g/mol. The Morgan fingerprint density at radius 2 is 1.60 bits per heavy atom. The zero-order chi connectivity index (χ0) is 17.5. The predicted octanol–water partition coefficient (Wildman–Crippen LogP) is 4.62. The molecule has 126 valence electrons. The number of carbonyl (C=O) groups excluding carboxylic acids is 2. The largest absolute Gasteiger partial charge is 0.333 e. The Hall–Kier alpha value is -2.37. The van der Waals surface area contributed by atoms with Crippen LogP contribution in [0.4, 0.5) is 0 Å². The Morgan fingerprint density at radius 3 is 2.24 bits per heavy atom. The monoisotopic (exact) mass is 367 g/mol. The van der Waals surface area contributed by atoms with E-state index in [0.29, 0.717) is 16.2 Å². The maximum atomic E-state index is 12.8. The summed E-state index contributed by atoms with van der Waals surface area (Å²) < 4.78 is 0. The number of benzene rings is 2. The Kier molecular flexibility index (Phi) is 6.04. The van der Waals surface area contributed by atoms with Crippen molar-refractivity contribution >= 4 is 34.8 Å². The van der Waals surface area contributed by atoms with E-state index in [1.807, 2.05) is 60.0 Å². The van der Waals surface area contributed by atoms with Gasteiger partial charge in [0, 0.05) is 11.3 Å². The number of nitrogens with one attached hydrogen (secondary N) is 1. The molecule has 3 nitrogen and oxygen atoms in total. The Balaban J connectivity index is 1.74. The number of Topliss-reactive ketones (excluding diaryl/α,β-unsaturated/α-hetero) is 1. The maximum Gasteiger partial charge on any atom is 0.252 e. The molecule has 0 aliphatic carbocycles. The molecule has 2 aromatic carbocycles. The summed E-state index contributed by atoms with van der Waals surface area (Å²) in [4.78, 5) is 25.9. The van der Waals surface area contributed by atoms with Crippen LogP contribution in [-0.4, -0.2) is 17.1 Å². The lowest BCUT2D eigenvalue weighted by Gasteiger charge is -2.17. The van der Waals surface area contributed by atoms with Gasteiger partial charge in [-0.3, -0.25) is 9.59 Å². The van der Waals surface area contributed by atoms with E-state index in [-0.39, 0.29) is 11.7 Å². The molecule has 0 aliphatic heterocycles. The summed E-state index contributed by atoms with van der Waals surface area (Å²) in [5.41, 5.74) is 1.66. The quantitative estimate of drug-likeness (QED) is 0.489. The molecule has 0 saturated carbocycles. The summed E-state index contributed by atoms with van der Waals surface area (Å²) in [5.74, 6) is 0.341. The second kappa shape index (κ2) is 8.65. The molecule has 3 aromatic rings. The normalized spacial score (nSPS) is 11.7. The van der Waals surface area contributed by atoms with Crippen LogP contribution in [0.25, 0.3) is 0 Å². The van der Waals surface area contributed by atoms with Gasteiger partial charge in [0.1, 0.15) is 5.37 Å². The van der Waals surface area contributed by atoms with Crippen LogP contribution in [0.2, 0.25) is 0 Å². The first-order valence-electron chi connectivity index (χ1n) is 7.83. The van der Waals surface area contributed by atoms with E-state index >= 15 is 0 Å². The first-order valence-corrected chi connectivity index (χ1v) is 9.76. The van der Waals surface area contributed by atoms with Gasteiger partial charge in [-0.1, -0.05) is 54.6 Å². The summed E-state index contributed by atoms with van der Waals surface area (Å²) in [6, 6.07) is 22.5. The molecule has 5 heteroatoms. The van der Waals surface area contributed by atoms with Crippen molar-refractivity contribution in [3.05, 3.63) is 94.2 Å². The Bertz CT molecular complexity index is 817. The van der Waals surface area contributed by atoms with Crippen molar-refractivity contribution in [1.29, 1.82) is 0 Å². The van der Waals surface area contributed by atoms with E-state index in [2.05, 4.69) is 5.32 Å². The molecule has 0 unspecified atom stereocenters. The van der Waals surface area contributed by atoms with E-state index in [1.54, 1.807) is 18.2 Å². The molecule has 3 rings (SSSR count). The van der Waals surface area contributed by atoms with E-state index in [9.17, 15) is 9.59 Å². The fraction of sp³-hybridized carbons (Fsp3) is 0.100. The Morgan fingerprint density at radius 1 is 0.920 bits per heavy atom. The average Bonchev–Trinajstić information content (AvgIpc) is 3.20. The third kappa shape index (κ3) is 4.81. The van der Waals surface area contributed by atoms with Crippen molar-refractivity contribution in [2.45, 2.75) is 11.1 Å². The van der Waals surface area contributed by atoms with Crippen LogP contribution in [0.5, 0.6) is 0 Å². The molecule has 0 bridgehead atoms. The number of thioether (sulfide) groups is 1. The molecule has 0 fully saturated rings. The van der Waals surface area contributed by atoms with Gasteiger partial charge in [-0.05, 0) is 29.1 Å². The molecule has 0 aliphatic rings. The lowest BCUT2D eigenvalue weighted by Crippen LogP contribution is -2.38. The van der Waals surface area contributed by atoms with Crippen molar-refractivity contribution < 1.29 is 9.59 Å². The topological polar surface area (TPSA) is 46.2 Å². The third-order valence-electron chi connectivity index (χ3n) is 3.56. The van der Waals surface area contributed by atoms with Gasteiger partial charge >= 0.3 is 0 Å². The van der Waals surface area contributed by atoms with Gasteiger partial charge in [0.2, 0.25) is 5.78 Å². The standard InChI is InChI=1S/C20H17NO2S2/c22-18(17-12-7-13-24-17)20(25-14-15-8-3-1-4-9-15)21-19(23)16-10-5-2-6-11-16/h1-13,20H,14H2,(H,21,23)/t20-/m0/s1.